The number of carbonyl (C=O) groups excluding carboxylic acids is 1. The Morgan fingerprint density at radius 1 is 1.56 bits per heavy atom. The number of halogens is 1. The summed E-state index contributed by atoms with van der Waals surface area (Å²) >= 11 is 0. The number of rotatable bonds is 3. The standard InChI is InChI=1S/C12H13FN4O/c1-7-9(13)4-8(5-10(7)14)12(18)17-6-11-15-2-3-16-11/h2-5H,6,14H2,1H3,(H,15,16)(H,17,18). The van der Waals surface area contributed by atoms with Crippen molar-refractivity contribution in [2.45, 2.75) is 13.5 Å². The number of nitrogens with two attached hydrogens (primary N) is 1. The lowest BCUT2D eigenvalue weighted by Crippen LogP contribution is -2.23. The molecule has 6 heteroatoms. The minimum atomic E-state index is -0.488. The number of hydrogen-bond donors (Lipinski definition) is 3. The molecule has 94 valence electrons. The SMILES string of the molecule is Cc1c(N)cc(C(=O)NCc2ncc[nH]2)cc1F. The Hall–Kier alpha value is -2.37. The first-order valence-corrected chi connectivity index (χ1v) is 5.40. The molecule has 1 amide bonds. The minimum absolute atomic E-state index is 0.196. The second-order valence-corrected chi connectivity index (χ2v) is 3.89. The van der Waals surface area contributed by atoms with E-state index >= 15 is 0 Å². The largest absolute Gasteiger partial charge is 0.398 e. The highest BCUT2D eigenvalue weighted by Crippen LogP contribution is 2.17. The van der Waals surface area contributed by atoms with Gasteiger partial charge in [0.05, 0.1) is 6.54 Å². The molecule has 1 heterocycles. The third-order valence-corrected chi connectivity index (χ3v) is 2.62. The maximum Gasteiger partial charge on any atom is 0.251 e. The highest BCUT2D eigenvalue weighted by atomic mass is 19.1. The zero-order chi connectivity index (χ0) is 13.1. The lowest BCUT2D eigenvalue weighted by Gasteiger charge is -2.07. The number of nitrogens with one attached hydrogen (secondary N) is 2. The van der Waals surface area contributed by atoms with Crippen LogP contribution in [0.1, 0.15) is 21.7 Å². The Bertz CT molecular complexity index is 542. The lowest BCUT2D eigenvalue weighted by atomic mass is 10.1. The molecular weight excluding hydrogens is 235 g/mol. The van der Waals surface area contributed by atoms with Crippen LogP contribution in [0.2, 0.25) is 0 Å². The number of imidazole rings is 1. The highest BCUT2D eigenvalue weighted by Gasteiger charge is 2.11. The number of benzene rings is 1. The second-order valence-electron chi connectivity index (χ2n) is 3.89. The van der Waals surface area contributed by atoms with E-state index in [1.54, 1.807) is 19.3 Å². The molecule has 0 spiro atoms. The van der Waals surface area contributed by atoms with Crippen molar-refractivity contribution in [1.29, 1.82) is 0 Å². The maximum absolute atomic E-state index is 13.4. The van der Waals surface area contributed by atoms with E-state index in [0.717, 1.165) is 0 Å². The predicted molar refractivity (Wildman–Crippen MR) is 65.3 cm³/mol. The molecule has 0 saturated carbocycles. The number of nitrogens with zero attached hydrogens (tertiary/aromatic N) is 1. The molecule has 0 bridgehead atoms. The number of aromatic amines is 1. The first kappa shape index (κ1) is 12.1. The van der Waals surface area contributed by atoms with Crippen LogP contribution >= 0.6 is 0 Å². The summed E-state index contributed by atoms with van der Waals surface area (Å²) in [5.74, 6) is -0.251. The van der Waals surface area contributed by atoms with Gasteiger partial charge in [-0.05, 0) is 19.1 Å². The number of anilines is 1. The molecule has 1 aromatic heterocycles. The van der Waals surface area contributed by atoms with E-state index in [4.69, 9.17) is 5.73 Å². The van der Waals surface area contributed by atoms with Gasteiger partial charge < -0.3 is 16.0 Å². The number of H-pyrrole nitrogens is 1. The van der Waals surface area contributed by atoms with Gasteiger partial charge >= 0.3 is 0 Å². The zero-order valence-corrected chi connectivity index (χ0v) is 9.83. The van der Waals surface area contributed by atoms with E-state index in [0.29, 0.717) is 11.4 Å². The van der Waals surface area contributed by atoms with E-state index in [2.05, 4.69) is 15.3 Å². The van der Waals surface area contributed by atoms with Gasteiger partial charge in [0.1, 0.15) is 11.6 Å². The average molecular weight is 248 g/mol. The van der Waals surface area contributed by atoms with Crippen LogP contribution in [0.15, 0.2) is 24.5 Å². The summed E-state index contributed by atoms with van der Waals surface area (Å²) in [7, 11) is 0. The fraction of sp³-hybridized carbons (Fsp3) is 0.167. The molecule has 2 aromatic rings. The summed E-state index contributed by atoms with van der Waals surface area (Å²) in [5, 5.41) is 2.62. The normalized spacial score (nSPS) is 10.3. The second kappa shape index (κ2) is 4.87. The highest BCUT2D eigenvalue weighted by molar-refractivity contribution is 5.95. The molecule has 2 rings (SSSR count). The number of carbonyl (C=O) groups is 1. The number of hydrogen-bond acceptors (Lipinski definition) is 3. The van der Waals surface area contributed by atoms with Crippen molar-refractivity contribution in [1.82, 2.24) is 15.3 Å². The first-order chi connectivity index (χ1) is 8.58. The van der Waals surface area contributed by atoms with Crippen LogP contribution in [0.25, 0.3) is 0 Å². The third kappa shape index (κ3) is 2.48. The molecular formula is C12H13FN4O. The minimum Gasteiger partial charge on any atom is -0.398 e. The van der Waals surface area contributed by atoms with Gasteiger partial charge in [-0.15, -0.1) is 0 Å². The third-order valence-electron chi connectivity index (χ3n) is 2.62. The quantitative estimate of drug-likeness (QED) is 0.717. The molecule has 1 aromatic carbocycles. The van der Waals surface area contributed by atoms with Crippen molar-refractivity contribution in [2.75, 3.05) is 5.73 Å². The Morgan fingerprint density at radius 2 is 2.33 bits per heavy atom. The Morgan fingerprint density at radius 3 is 2.94 bits per heavy atom. The first-order valence-electron chi connectivity index (χ1n) is 5.40. The molecule has 18 heavy (non-hydrogen) atoms. The van der Waals surface area contributed by atoms with E-state index in [-0.39, 0.29) is 17.8 Å². The van der Waals surface area contributed by atoms with Crippen LogP contribution in [0, 0.1) is 12.7 Å². The molecule has 0 aliphatic rings. The summed E-state index contributed by atoms with van der Waals surface area (Å²) < 4.78 is 13.4. The van der Waals surface area contributed by atoms with Crippen molar-refractivity contribution < 1.29 is 9.18 Å². The average Bonchev–Trinajstić information content (AvgIpc) is 2.85. The van der Waals surface area contributed by atoms with Crippen LogP contribution in [0.5, 0.6) is 0 Å². The van der Waals surface area contributed by atoms with Gasteiger partial charge in [-0.25, -0.2) is 9.37 Å². The maximum atomic E-state index is 13.4. The van der Waals surface area contributed by atoms with Gasteiger partial charge in [-0.1, -0.05) is 0 Å². The number of nitrogen functional groups attached to an aromatic ring is 1. The smallest absolute Gasteiger partial charge is 0.251 e. The van der Waals surface area contributed by atoms with Gasteiger partial charge in [0.2, 0.25) is 0 Å². The van der Waals surface area contributed by atoms with Crippen LogP contribution in [0.4, 0.5) is 10.1 Å². The Labute approximate surface area is 103 Å². The molecule has 0 fully saturated rings. The van der Waals surface area contributed by atoms with Crippen LogP contribution < -0.4 is 11.1 Å². The van der Waals surface area contributed by atoms with E-state index in [9.17, 15) is 9.18 Å². The monoisotopic (exact) mass is 248 g/mol. The summed E-state index contributed by atoms with van der Waals surface area (Å²) in [6.07, 6.45) is 3.25. The van der Waals surface area contributed by atoms with Gasteiger partial charge in [-0.2, -0.15) is 0 Å². The van der Waals surface area contributed by atoms with Crippen LogP contribution in [-0.2, 0) is 6.54 Å². The molecule has 5 nitrogen and oxygen atoms in total. The van der Waals surface area contributed by atoms with Gasteiger partial charge in [0.15, 0.2) is 0 Å². The summed E-state index contributed by atoms with van der Waals surface area (Å²) in [6.45, 7) is 1.82. The fourth-order valence-electron chi connectivity index (χ4n) is 1.49. The van der Waals surface area contributed by atoms with Crippen molar-refractivity contribution in [2.24, 2.45) is 0 Å². The number of aromatic nitrogens is 2. The van der Waals surface area contributed by atoms with E-state index in [1.807, 2.05) is 0 Å². The summed E-state index contributed by atoms with van der Waals surface area (Å²) in [6, 6.07) is 2.62. The van der Waals surface area contributed by atoms with E-state index < -0.39 is 11.7 Å². The van der Waals surface area contributed by atoms with Crippen molar-refractivity contribution >= 4 is 11.6 Å². The molecule has 0 unspecified atom stereocenters. The Kier molecular flexibility index (Phi) is 3.27. The van der Waals surface area contributed by atoms with Gasteiger partial charge in [-0.3, -0.25) is 4.79 Å². The summed E-state index contributed by atoms with van der Waals surface area (Å²) in [5.41, 5.74) is 6.42. The van der Waals surface area contributed by atoms with Gasteiger partial charge in [0.25, 0.3) is 5.91 Å². The van der Waals surface area contributed by atoms with E-state index in [1.165, 1.54) is 12.1 Å². The molecule has 0 atom stereocenters. The fourth-order valence-corrected chi connectivity index (χ4v) is 1.49. The summed E-state index contributed by atoms with van der Waals surface area (Å²) in [4.78, 5) is 18.6. The predicted octanol–water partition coefficient (Wildman–Crippen LogP) is 1.37. The molecule has 4 N–H and O–H groups in total. The Balaban J connectivity index is 2.09. The molecule has 0 radical (unpaired) electrons. The van der Waals surface area contributed by atoms with Crippen molar-refractivity contribution in [3.05, 3.63) is 47.3 Å². The van der Waals surface area contributed by atoms with Gasteiger partial charge in [0, 0.05) is 29.2 Å². The topological polar surface area (TPSA) is 83.8 Å². The van der Waals surface area contributed by atoms with Crippen LogP contribution in [-0.4, -0.2) is 15.9 Å². The van der Waals surface area contributed by atoms with Crippen LogP contribution in [0.3, 0.4) is 0 Å². The molecule has 0 saturated heterocycles. The zero-order valence-electron chi connectivity index (χ0n) is 9.83. The molecule has 0 aliphatic heterocycles. The van der Waals surface area contributed by atoms with Crippen molar-refractivity contribution in [3.8, 4) is 0 Å². The molecule has 0 aliphatic carbocycles. The number of amides is 1. The lowest BCUT2D eigenvalue weighted by molar-refractivity contribution is 0.0949. The van der Waals surface area contributed by atoms with Crippen molar-refractivity contribution in [3.63, 3.8) is 0 Å².